The number of amides is 1. The maximum Gasteiger partial charge on any atom is 0.212 e. The molecule has 1 aliphatic rings. The fraction of sp³-hybridized carbons (Fsp3) is 0.368. The van der Waals surface area contributed by atoms with Gasteiger partial charge in [-0.3, -0.25) is 4.79 Å². The average molecular weight is 362 g/mol. The Hall–Kier alpha value is -2.11. The van der Waals surface area contributed by atoms with Crippen molar-refractivity contribution in [2.45, 2.75) is 19.8 Å². The van der Waals surface area contributed by atoms with Crippen LogP contribution in [-0.2, 0) is 9.53 Å². The van der Waals surface area contributed by atoms with Gasteiger partial charge in [0.15, 0.2) is 0 Å². The van der Waals surface area contributed by atoms with Crippen LogP contribution in [0.5, 0.6) is 0 Å². The highest BCUT2D eigenvalue weighted by atomic mass is 35.5. The van der Waals surface area contributed by atoms with Crippen LogP contribution in [0.4, 0.5) is 5.82 Å². The Kier molecular flexibility index (Phi) is 7.70. The van der Waals surface area contributed by atoms with Crippen molar-refractivity contribution in [1.82, 2.24) is 10.3 Å². The molecule has 1 aliphatic heterocycles. The second kappa shape index (κ2) is 10.0. The van der Waals surface area contributed by atoms with Gasteiger partial charge >= 0.3 is 0 Å². The van der Waals surface area contributed by atoms with Crippen molar-refractivity contribution in [2.75, 3.05) is 25.1 Å². The molecule has 2 heterocycles. The fourth-order valence-electron chi connectivity index (χ4n) is 2.58. The first-order chi connectivity index (χ1) is 12.1. The van der Waals surface area contributed by atoms with Gasteiger partial charge < -0.3 is 15.4 Å². The predicted octanol–water partition coefficient (Wildman–Crippen LogP) is 3.79. The molecule has 0 radical (unpaired) electrons. The third kappa shape index (κ3) is 6.36. The summed E-state index contributed by atoms with van der Waals surface area (Å²) in [7, 11) is 0. The maximum absolute atomic E-state index is 10.5. The molecular weight excluding hydrogens is 338 g/mol. The molecule has 0 saturated carbocycles. The number of ether oxygens (including phenoxy) is 1. The molecular formula is C19H24ClN3O2. The standard InChI is InChI=1S/C19H24ClN3O2/c1-14(17-9-19(23-13-24)22-11-18(17)20)5-3-6-15(2)21-10-16-7-4-8-25-12-16/h3,5-6,9,11,13,16,21H,2,4,7-8,10,12H2,1H3,(H,22,23,24)/b6-3-,14-5+. The van der Waals surface area contributed by atoms with E-state index in [2.05, 4.69) is 22.2 Å². The normalized spacial score (nSPS) is 18.2. The molecule has 1 aromatic rings. The monoisotopic (exact) mass is 361 g/mol. The molecule has 0 spiro atoms. The molecule has 1 unspecified atom stereocenters. The van der Waals surface area contributed by atoms with Gasteiger partial charge in [0, 0.05) is 30.6 Å². The summed E-state index contributed by atoms with van der Waals surface area (Å²) in [6, 6.07) is 1.74. The van der Waals surface area contributed by atoms with Gasteiger partial charge in [-0.25, -0.2) is 4.98 Å². The molecule has 0 aliphatic carbocycles. The summed E-state index contributed by atoms with van der Waals surface area (Å²) in [5.41, 5.74) is 2.65. The number of halogens is 1. The third-order valence-electron chi connectivity index (χ3n) is 4.00. The van der Waals surface area contributed by atoms with Crippen LogP contribution < -0.4 is 10.6 Å². The molecule has 1 aromatic heterocycles. The topological polar surface area (TPSA) is 63.2 Å². The van der Waals surface area contributed by atoms with Gasteiger partial charge in [0.2, 0.25) is 6.41 Å². The molecule has 2 N–H and O–H groups in total. The van der Waals surface area contributed by atoms with Crippen LogP contribution in [0.25, 0.3) is 5.57 Å². The lowest BCUT2D eigenvalue weighted by atomic mass is 10.0. The number of carbonyl (C=O) groups is 1. The lowest BCUT2D eigenvalue weighted by Crippen LogP contribution is -2.28. The quantitative estimate of drug-likeness (QED) is 0.546. The molecule has 0 bridgehead atoms. The predicted molar refractivity (Wildman–Crippen MR) is 102 cm³/mol. The molecule has 1 atom stereocenters. The van der Waals surface area contributed by atoms with Crippen LogP contribution in [0.15, 0.2) is 42.8 Å². The minimum absolute atomic E-state index is 0.465. The SMILES string of the molecule is C=C(/C=C\C=C(/C)c1cc(NC=O)ncc1Cl)NCC1CCCOC1. The van der Waals surface area contributed by atoms with Crippen LogP contribution in [0.1, 0.15) is 25.3 Å². The van der Waals surface area contributed by atoms with Gasteiger partial charge in [-0.05, 0) is 43.4 Å². The number of anilines is 1. The maximum atomic E-state index is 10.5. The Morgan fingerprint density at radius 2 is 2.40 bits per heavy atom. The minimum atomic E-state index is 0.465. The van der Waals surface area contributed by atoms with Gasteiger partial charge in [0.25, 0.3) is 0 Å². The Bertz CT molecular complexity index is 665. The minimum Gasteiger partial charge on any atom is -0.385 e. The van der Waals surface area contributed by atoms with Crippen LogP contribution in [0.3, 0.4) is 0 Å². The van der Waals surface area contributed by atoms with E-state index in [1.165, 1.54) is 12.6 Å². The van der Waals surface area contributed by atoms with E-state index in [1.807, 2.05) is 25.2 Å². The molecule has 1 fully saturated rings. The van der Waals surface area contributed by atoms with Crippen LogP contribution >= 0.6 is 11.6 Å². The number of hydrogen-bond acceptors (Lipinski definition) is 4. The second-order valence-corrected chi connectivity index (χ2v) is 6.42. The van der Waals surface area contributed by atoms with E-state index in [9.17, 15) is 4.79 Å². The number of nitrogens with zero attached hydrogens (tertiary/aromatic N) is 1. The molecule has 5 nitrogen and oxygen atoms in total. The molecule has 25 heavy (non-hydrogen) atoms. The lowest BCUT2D eigenvalue weighted by Gasteiger charge is -2.22. The van der Waals surface area contributed by atoms with Crippen molar-refractivity contribution in [1.29, 1.82) is 0 Å². The van der Waals surface area contributed by atoms with Crippen molar-refractivity contribution in [3.63, 3.8) is 0 Å². The number of aromatic nitrogens is 1. The summed E-state index contributed by atoms with van der Waals surface area (Å²) >= 11 is 6.18. The molecule has 1 amide bonds. The van der Waals surface area contributed by atoms with Crippen molar-refractivity contribution in [3.8, 4) is 0 Å². The zero-order valence-corrected chi connectivity index (χ0v) is 15.2. The number of nitrogens with one attached hydrogen (secondary N) is 2. The van der Waals surface area contributed by atoms with Crippen molar-refractivity contribution >= 4 is 29.4 Å². The lowest BCUT2D eigenvalue weighted by molar-refractivity contribution is -0.105. The third-order valence-corrected chi connectivity index (χ3v) is 4.30. The van der Waals surface area contributed by atoms with Gasteiger partial charge in [0.05, 0.1) is 11.6 Å². The van der Waals surface area contributed by atoms with Crippen molar-refractivity contribution in [2.24, 2.45) is 5.92 Å². The summed E-state index contributed by atoms with van der Waals surface area (Å²) in [6.07, 6.45) is 10.2. The first kappa shape index (κ1) is 19.2. The molecule has 134 valence electrons. The molecule has 1 saturated heterocycles. The summed E-state index contributed by atoms with van der Waals surface area (Å²) < 4.78 is 5.47. The Morgan fingerprint density at radius 1 is 1.56 bits per heavy atom. The zero-order valence-electron chi connectivity index (χ0n) is 14.4. The first-order valence-electron chi connectivity index (χ1n) is 8.31. The van der Waals surface area contributed by atoms with E-state index in [0.717, 1.165) is 43.0 Å². The highest BCUT2D eigenvalue weighted by Gasteiger charge is 2.13. The van der Waals surface area contributed by atoms with Crippen LogP contribution in [-0.4, -0.2) is 31.2 Å². The van der Waals surface area contributed by atoms with E-state index in [1.54, 1.807) is 6.07 Å². The zero-order chi connectivity index (χ0) is 18.1. The Balaban J connectivity index is 1.90. The fourth-order valence-corrected chi connectivity index (χ4v) is 2.83. The number of pyridine rings is 1. The average Bonchev–Trinajstić information content (AvgIpc) is 2.62. The van der Waals surface area contributed by atoms with E-state index < -0.39 is 0 Å². The van der Waals surface area contributed by atoms with E-state index in [4.69, 9.17) is 16.3 Å². The molecule has 0 aromatic carbocycles. The smallest absolute Gasteiger partial charge is 0.212 e. The molecule has 6 heteroatoms. The second-order valence-electron chi connectivity index (χ2n) is 6.01. The van der Waals surface area contributed by atoms with E-state index in [0.29, 0.717) is 23.2 Å². The Morgan fingerprint density at radius 3 is 3.12 bits per heavy atom. The Labute approximate surface area is 153 Å². The van der Waals surface area contributed by atoms with E-state index >= 15 is 0 Å². The van der Waals surface area contributed by atoms with E-state index in [-0.39, 0.29) is 0 Å². The van der Waals surface area contributed by atoms with Crippen LogP contribution in [0.2, 0.25) is 5.02 Å². The number of allylic oxidation sites excluding steroid dienone is 4. The van der Waals surface area contributed by atoms with Gasteiger partial charge in [0.1, 0.15) is 5.82 Å². The summed E-state index contributed by atoms with van der Waals surface area (Å²) in [5.74, 6) is 1.02. The number of rotatable bonds is 8. The van der Waals surface area contributed by atoms with Gasteiger partial charge in [-0.2, -0.15) is 0 Å². The highest BCUT2D eigenvalue weighted by Crippen LogP contribution is 2.25. The van der Waals surface area contributed by atoms with Gasteiger partial charge in [-0.1, -0.05) is 30.3 Å². The summed E-state index contributed by atoms with van der Waals surface area (Å²) in [5, 5.41) is 6.38. The van der Waals surface area contributed by atoms with Gasteiger partial charge in [-0.15, -0.1) is 0 Å². The van der Waals surface area contributed by atoms with Crippen LogP contribution in [0, 0.1) is 5.92 Å². The summed E-state index contributed by atoms with van der Waals surface area (Å²) in [4.78, 5) is 14.6. The largest absolute Gasteiger partial charge is 0.385 e. The number of hydrogen-bond donors (Lipinski definition) is 2. The summed E-state index contributed by atoms with van der Waals surface area (Å²) in [6.45, 7) is 8.54. The first-order valence-corrected chi connectivity index (χ1v) is 8.69. The highest BCUT2D eigenvalue weighted by molar-refractivity contribution is 6.32. The van der Waals surface area contributed by atoms with Crippen molar-refractivity contribution < 1.29 is 9.53 Å². The number of carbonyl (C=O) groups excluding carboxylic acids is 1. The molecule has 2 rings (SSSR count). The van der Waals surface area contributed by atoms with Crippen molar-refractivity contribution in [3.05, 3.63) is 53.4 Å².